The van der Waals surface area contributed by atoms with Gasteiger partial charge in [-0.2, -0.15) is 5.48 Å². The molecule has 0 radical (unpaired) electrons. The van der Waals surface area contributed by atoms with Crippen molar-refractivity contribution in [2.75, 3.05) is 0 Å². The Morgan fingerprint density at radius 3 is 2.29 bits per heavy atom. The monoisotopic (exact) mass is 339 g/mol. The molecule has 3 heteroatoms. The zero-order valence-corrected chi connectivity index (χ0v) is 11.6. The van der Waals surface area contributed by atoms with Gasteiger partial charge in [-0.25, -0.2) is 0 Å². The Morgan fingerprint density at radius 2 is 1.59 bits per heavy atom. The SMILES string of the molecule is Ic1ccc(CNOCc2ccccc2)cc1. The molecule has 0 fully saturated rings. The molecule has 0 amide bonds. The molecule has 0 aliphatic rings. The summed E-state index contributed by atoms with van der Waals surface area (Å²) in [5, 5.41) is 0. The molecule has 2 nitrogen and oxygen atoms in total. The molecule has 0 aliphatic heterocycles. The van der Waals surface area contributed by atoms with E-state index in [9.17, 15) is 0 Å². The van der Waals surface area contributed by atoms with Crippen molar-refractivity contribution in [2.24, 2.45) is 0 Å². The Balaban J connectivity index is 1.71. The lowest BCUT2D eigenvalue weighted by atomic mass is 10.2. The highest BCUT2D eigenvalue weighted by Gasteiger charge is 1.94. The molecular weight excluding hydrogens is 325 g/mol. The Kier molecular flexibility index (Phi) is 4.97. The van der Waals surface area contributed by atoms with Crippen LogP contribution in [0.2, 0.25) is 0 Å². The molecule has 0 bridgehead atoms. The first-order valence-electron chi connectivity index (χ1n) is 5.47. The summed E-state index contributed by atoms with van der Waals surface area (Å²) in [6.07, 6.45) is 0. The van der Waals surface area contributed by atoms with Crippen molar-refractivity contribution in [3.63, 3.8) is 0 Å². The van der Waals surface area contributed by atoms with Gasteiger partial charge in [-0.05, 0) is 45.9 Å². The van der Waals surface area contributed by atoms with Crippen LogP contribution in [0, 0.1) is 3.57 Å². The summed E-state index contributed by atoms with van der Waals surface area (Å²) in [4.78, 5) is 5.40. The summed E-state index contributed by atoms with van der Waals surface area (Å²) in [6, 6.07) is 18.5. The van der Waals surface area contributed by atoms with Gasteiger partial charge >= 0.3 is 0 Å². The van der Waals surface area contributed by atoms with Crippen molar-refractivity contribution in [2.45, 2.75) is 13.2 Å². The van der Waals surface area contributed by atoms with Gasteiger partial charge in [0, 0.05) is 10.1 Å². The summed E-state index contributed by atoms with van der Waals surface area (Å²) in [5.74, 6) is 0. The lowest BCUT2D eigenvalue weighted by Crippen LogP contribution is -2.13. The third-order valence-corrected chi connectivity index (χ3v) is 3.09. The maximum atomic E-state index is 5.40. The molecule has 0 aliphatic carbocycles. The highest BCUT2D eigenvalue weighted by atomic mass is 127. The zero-order chi connectivity index (χ0) is 11.9. The molecule has 17 heavy (non-hydrogen) atoms. The standard InChI is InChI=1S/C14H14INO/c15-14-8-6-12(7-9-14)10-16-17-11-13-4-2-1-3-5-13/h1-9,16H,10-11H2. The van der Waals surface area contributed by atoms with E-state index in [0.717, 1.165) is 6.54 Å². The Labute approximate surface area is 115 Å². The van der Waals surface area contributed by atoms with Gasteiger partial charge in [-0.1, -0.05) is 42.5 Å². The first kappa shape index (κ1) is 12.5. The van der Waals surface area contributed by atoms with Gasteiger partial charge < -0.3 is 0 Å². The second-order valence-corrected chi connectivity index (χ2v) is 4.97. The number of benzene rings is 2. The van der Waals surface area contributed by atoms with Gasteiger partial charge in [0.25, 0.3) is 0 Å². The molecule has 1 N–H and O–H groups in total. The Morgan fingerprint density at radius 1 is 0.882 bits per heavy atom. The predicted octanol–water partition coefficient (Wildman–Crippen LogP) is 3.51. The van der Waals surface area contributed by atoms with E-state index < -0.39 is 0 Å². The molecule has 2 aromatic carbocycles. The fourth-order valence-electron chi connectivity index (χ4n) is 1.45. The highest BCUT2D eigenvalue weighted by Crippen LogP contribution is 2.06. The van der Waals surface area contributed by atoms with Crippen LogP contribution in [0.15, 0.2) is 54.6 Å². The van der Waals surface area contributed by atoms with Crippen molar-refractivity contribution in [3.8, 4) is 0 Å². The number of nitrogens with one attached hydrogen (secondary N) is 1. The summed E-state index contributed by atoms with van der Waals surface area (Å²) in [7, 11) is 0. The molecule has 0 spiro atoms. The lowest BCUT2D eigenvalue weighted by molar-refractivity contribution is 0.0235. The maximum absolute atomic E-state index is 5.40. The number of halogens is 1. The molecule has 2 aromatic rings. The smallest absolute Gasteiger partial charge is 0.0933 e. The van der Waals surface area contributed by atoms with Crippen LogP contribution in [-0.4, -0.2) is 0 Å². The molecule has 0 saturated heterocycles. The topological polar surface area (TPSA) is 21.3 Å². The summed E-state index contributed by atoms with van der Waals surface area (Å²) in [6.45, 7) is 1.31. The Hall–Kier alpha value is -0.910. The maximum Gasteiger partial charge on any atom is 0.0933 e. The third-order valence-electron chi connectivity index (χ3n) is 2.37. The number of rotatable bonds is 5. The van der Waals surface area contributed by atoms with Gasteiger partial charge in [0.05, 0.1) is 6.61 Å². The fourth-order valence-corrected chi connectivity index (χ4v) is 1.80. The van der Waals surface area contributed by atoms with E-state index in [0.29, 0.717) is 6.61 Å². The van der Waals surface area contributed by atoms with E-state index in [1.165, 1.54) is 14.7 Å². The minimum absolute atomic E-state index is 0.589. The van der Waals surface area contributed by atoms with Gasteiger partial charge in [-0.15, -0.1) is 0 Å². The second kappa shape index (κ2) is 6.74. The van der Waals surface area contributed by atoms with E-state index in [-0.39, 0.29) is 0 Å². The van der Waals surface area contributed by atoms with Crippen LogP contribution >= 0.6 is 22.6 Å². The van der Waals surface area contributed by atoms with Gasteiger partial charge in [0.2, 0.25) is 0 Å². The van der Waals surface area contributed by atoms with Crippen molar-refractivity contribution in [3.05, 3.63) is 69.3 Å². The first-order chi connectivity index (χ1) is 8.34. The van der Waals surface area contributed by atoms with Crippen LogP contribution in [0.3, 0.4) is 0 Å². The minimum atomic E-state index is 0.589. The van der Waals surface area contributed by atoms with Crippen LogP contribution in [0.25, 0.3) is 0 Å². The van der Waals surface area contributed by atoms with Crippen molar-refractivity contribution in [1.29, 1.82) is 0 Å². The van der Waals surface area contributed by atoms with Crippen LogP contribution in [-0.2, 0) is 18.0 Å². The molecule has 0 unspecified atom stereocenters. The van der Waals surface area contributed by atoms with E-state index in [2.05, 4.69) is 52.3 Å². The molecule has 0 saturated carbocycles. The molecule has 2 rings (SSSR count). The number of hydrogen-bond acceptors (Lipinski definition) is 2. The predicted molar refractivity (Wildman–Crippen MR) is 77.2 cm³/mol. The van der Waals surface area contributed by atoms with Crippen LogP contribution < -0.4 is 5.48 Å². The lowest BCUT2D eigenvalue weighted by Gasteiger charge is -2.06. The molecular formula is C14H14INO. The zero-order valence-electron chi connectivity index (χ0n) is 9.40. The molecule has 0 atom stereocenters. The number of hydroxylamine groups is 1. The first-order valence-corrected chi connectivity index (χ1v) is 6.55. The van der Waals surface area contributed by atoms with E-state index in [4.69, 9.17) is 4.84 Å². The highest BCUT2D eigenvalue weighted by molar-refractivity contribution is 14.1. The second-order valence-electron chi connectivity index (χ2n) is 3.72. The normalized spacial score (nSPS) is 10.4. The summed E-state index contributed by atoms with van der Waals surface area (Å²) in [5.41, 5.74) is 5.36. The summed E-state index contributed by atoms with van der Waals surface area (Å²) < 4.78 is 1.25. The fraction of sp³-hybridized carbons (Fsp3) is 0.143. The quantitative estimate of drug-likeness (QED) is 0.511. The van der Waals surface area contributed by atoms with Crippen LogP contribution in [0.1, 0.15) is 11.1 Å². The molecule has 88 valence electrons. The molecule has 0 heterocycles. The number of hydrogen-bond donors (Lipinski definition) is 1. The van der Waals surface area contributed by atoms with Gasteiger partial charge in [-0.3, -0.25) is 4.84 Å². The van der Waals surface area contributed by atoms with Crippen LogP contribution in [0.4, 0.5) is 0 Å². The minimum Gasteiger partial charge on any atom is -0.297 e. The van der Waals surface area contributed by atoms with Gasteiger partial charge in [0.15, 0.2) is 0 Å². The van der Waals surface area contributed by atoms with Crippen LogP contribution in [0.5, 0.6) is 0 Å². The van der Waals surface area contributed by atoms with E-state index >= 15 is 0 Å². The average molecular weight is 339 g/mol. The van der Waals surface area contributed by atoms with E-state index in [1.54, 1.807) is 0 Å². The van der Waals surface area contributed by atoms with Crippen molar-refractivity contribution in [1.82, 2.24) is 5.48 Å². The third kappa shape index (κ3) is 4.46. The van der Waals surface area contributed by atoms with Crippen molar-refractivity contribution >= 4 is 22.6 Å². The molecule has 0 aromatic heterocycles. The average Bonchev–Trinajstić information content (AvgIpc) is 2.38. The summed E-state index contributed by atoms with van der Waals surface area (Å²) >= 11 is 2.30. The largest absolute Gasteiger partial charge is 0.297 e. The van der Waals surface area contributed by atoms with E-state index in [1.807, 2.05) is 30.3 Å². The van der Waals surface area contributed by atoms with Crippen molar-refractivity contribution < 1.29 is 4.84 Å². The van der Waals surface area contributed by atoms with Gasteiger partial charge in [0.1, 0.15) is 0 Å². The Bertz CT molecular complexity index is 442.